The molecule has 2 rings (SSSR count). The first kappa shape index (κ1) is 13.3. The number of imide groups is 1. The van der Waals surface area contributed by atoms with E-state index in [-0.39, 0.29) is 6.42 Å². The van der Waals surface area contributed by atoms with Crippen LogP contribution in [-0.2, 0) is 25.6 Å². The molecule has 0 fully saturated rings. The molecule has 1 atom stereocenters. The van der Waals surface area contributed by atoms with Gasteiger partial charge in [0.1, 0.15) is 5.92 Å². The minimum Gasteiger partial charge on any atom is -0.474 e. The highest BCUT2D eigenvalue weighted by molar-refractivity contribution is 8.13. The number of nitrogens with one attached hydrogen (secondary N) is 1. The van der Waals surface area contributed by atoms with Crippen molar-refractivity contribution >= 4 is 34.7 Å². The van der Waals surface area contributed by atoms with Gasteiger partial charge >= 0.3 is 11.9 Å². The molecule has 2 amide bonds. The first-order valence-corrected chi connectivity index (χ1v) is 6.18. The Morgan fingerprint density at radius 3 is 2.63 bits per heavy atom. The van der Waals surface area contributed by atoms with E-state index in [1.165, 1.54) is 0 Å². The lowest BCUT2D eigenvalue weighted by Crippen LogP contribution is -2.43. The molecule has 1 unspecified atom stereocenters. The number of rotatable bonds is 1. The maximum atomic E-state index is 11.8. The second-order valence-electron chi connectivity index (χ2n) is 3.91. The Labute approximate surface area is 112 Å². The molecule has 2 N–H and O–H groups in total. The van der Waals surface area contributed by atoms with Gasteiger partial charge in [0.15, 0.2) is 0 Å². The quantitative estimate of drug-likeness (QED) is 0.563. The van der Waals surface area contributed by atoms with E-state index in [2.05, 4.69) is 0 Å². The van der Waals surface area contributed by atoms with Gasteiger partial charge in [0, 0.05) is 4.90 Å². The number of hydrogen-bond donors (Lipinski definition) is 2. The van der Waals surface area contributed by atoms with Crippen LogP contribution in [0.3, 0.4) is 0 Å². The minimum absolute atomic E-state index is 0.167. The molecule has 19 heavy (non-hydrogen) atoms. The topological polar surface area (TPSA) is 101 Å². The van der Waals surface area contributed by atoms with Gasteiger partial charge in [-0.1, -0.05) is 30.0 Å². The van der Waals surface area contributed by atoms with Crippen molar-refractivity contribution in [3.05, 3.63) is 29.8 Å². The van der Waals surface area contributed by atoms with E-state index in [4.69, 9.17) is 5.11 Å². The van der Waals surface area contributed by atoms with E-state index in [0.29, 0.717) is 0 Å². The second-order valence-corrected chi connectivity index (χ2v) is 4.96. The highest BCUT2D eigenvalue weighted by atomic mass is 32.2. The standard InChI is InChI=1S/C12H9NO5S/c14-9(13-10(15)11(16)17)7-5-6-3-1-2-4-8(6)19-12(7)18/h1-4,7H,5H2,(H,16,17)(H,13,14,15). The largest absolute Gasteiger partial charge is 0.474 e. The molecular formula is C12H9NO5S. The Balaban J connectivity index is 2.14. The number of thioether (sulfide) groups is 1. The molecule has 1 aromatic carbocycles. The summed E-state index contributed by atoms with van der Waals surface area (Å²) in [6.45, 7) is 0. The highest BCUT2D eigenvalue weighted by Gasteiger charge is 2.34. The number of carbonyl (C=O) groups is 4. The molecule has 0 saturated carbocycles. The Bertz CT molecular complexity index is 583. The van der Waals surface area contributed by atoms with Crippen LogP contribution in [-0.4, -0.2) is 28.0 Å². The van der Waals surface area contributed by atoms with Crippen LogP contribution >= 0.6 is 11.8 Å². The fraction of sp³-hybridized carbons (Fsp3) is 0.167. The lowest BCUT2D eigenvalue weighted by atomic mass is 9.99. The van der Waals surface area contributed by atoms with Gasteiger partial charge < -0.3 is 5.11 Å². The summed E-state index contributed by atoms with van der Waals surface area (Å²) in [6, 6.07) is 7.13. The summed E-state index contributed by atoms with van der Waals surface area (Å²) in [5.41, 5.74) is 0.829. The summed E-state index contributed by atoms with van der Waals surface area (Å²) in [4.78, 5) is 45.5. The molecule has 0 bridgehead atoms. The molecule has 1 aliphatic rings. The molecule has 98 valence electrons. The van der Waals surface area contributed by atoms with Crippen LogP contribution in [0.4, 0.5) is 0 Å². The van der Waals surface area contributed by atoms with Crippen LogP contribution < -0.4 is 5.32 Å². The van der Waals surface area contributed by atoms with E-state index >= 15 is 0 Å². The van der Waals surface area contributed by atoms with Crippen LogP contribution in [0.2, 0.25) is 0 Å². The van der Waals surface area contributed by atoms with Gasteiger partial charge in [-0.3, -0.25) is 19.7 Å². The van der Waals surface area contributed by atoms with E-state index in [0.717, 1.165) is 22.2 Å². The lowest BCUT2D eigenvalue weighted by Gasteiger charge is -2.21. The molecule has 1 aliphatic heterocycles. The van der Waals surface area contributed by atoms with Crippen LogP contribution in [0.5, 0.6) is 0 Å². The van der Waals surface area contributed by atoms with Gasteiger partial charge in [-0.15, -0.1) is 0 Å². The number of aliphatic carboxylic acids is 1. The van der Waals surface area contributed by atoms with Gasteiger partial charge in [-0.2, -0.15) is 0 Å². The maximum Gasteiger partial charge on any atom is 0.394 e. The SMILES string of the molecule is O=C(O)C(=O)NC(=O)C1Cc2ccccc2SC1=O. The van der Waals surface area contributed by atoms with Crippen molar-refractivity contribution in [3.63, 3.8) is 0 Å². The van der Waals surface area contributed by atoms with E-state index in [1.807, 2.05) is 0 Å². The molecule has 0 aliphatic carbocycles. The van der Waals surface area contributed by atoms with Crippen molar-refractivity contribution in [2.24, 2.45) is 5.92 Å². The van der Waals surface area contributed by atoms with Gasteiger partial charge in [0.2, 0.25) is 11.0 Å². The third kappa shape index (κ3) is 2.82. The summed E-state index contributed by atoms with van der Waals surface area (Å²) in [5, 5.41) is 9.70. The van der Waals surface area contributed by atoms with Crippen molar-refractivity contribution in [1.29, 1.82) is 0 Å². The molecule has 7 heteroatoms. The van der Waals surface area contributed by atoms with Gasteiger partial charge in [0.25, 0.3) is 0 Å². The normalized spacial score (nSPS) is 17.5. The summed E-state index contributed by atoms with van der Waals surface area (Å²) in [7, 11) is 0. The average Bonchev–Trinajstić information content (AvgIpc) is 2.37. The van der Waals surface area contributed by atoms with Crippen molar-refractivity contribution in [2.75, 3.05) is 0 Å². The van der Waals surface area contributed by atoms with E-state index in [1.54, 1.807) is 29.6 Å². The highest BCUT2D eigenvalue weighted by Crippen LogP contribution is 2.33. The predicted octanol–water partition coefficient (Wildman–Crippen LogP) is 0.205. The molecule has 1 heterocycles. The fourth-order valence-electron chi connectivity index (χ4n) is 1.71. The fourth-order valence-corrected chi connectivity index (χ4v) is 2.69. The van der Waals surface area contributed by atoms with Crippen LogP contribution in [0, 0.1) is 5.92 Å². The molecule has 1 aromatic rings. The van der Waals surface area contributed by atoms with Crippen LogP contribution in [0.1, 0.15) is 5.56 Å². The Hall–Kier alpha value is -2.15. The molecule has 0 radical (unpaired) electrons. The first-order valence-electron chi connectivity index (χ1n) is 5.36. The molecule has 0 aromatic heterocycles. The second kappa shape index (κ2) is 5.23. The Morgan fingerprint density at radius 2 is 1.95 bits per heavy atom. The minimum atomic E-state index is -1.76. The number of benzene rings is 1. The number of amides is 2. The van der Waals surface area contributed by atoms with Crippen LogP contribution in [0.15, 0.2) is 29.2 Å². The zero-order valence-electron chi connectivity index (χ0n) is 9.58. The number of carboxylic acid groups (broad SMARTS) is 1. The van der Waals surface area contributed by atoms with E-state index in [9.17, 15) is 19.2 Å². The molecule has 6 nitrogen and oxygen atoms in total. The Morgan fingerprint density at radius 1 is 1.26 bits per heavy atom. The summed E-state index contributed by atoms with van der Waals surface area (Å²) >= 11 is 0.925. The third-order valence-electron chi connectivity index (χ3n) is 2.64. The van der Waals surface area contributed by atoms with Crippen LogP contribution in [0.25, 0.3) is 0 Å². The number of hydrogen-bond acceptors (Lipinski definition) is 5. The number of carboxylic acids is 1. The average molecular weight is 279 g/mol. The predicted molar refractivity (Wildman–Crippen MR) is 65.3 cm³/mol. The summed E-state index contributed by atoms with van der Waals surface area (Å²) in [5.74, 6) is -5.10. The zero-order chi connectivity index (χ0) is 14.0. The first-order chi connectivity index (χ1) is 8.99. The number of fused-ring (bicyclic) bond motifs is 1. The van der Waals surface area contributed by atoms with Gasteiger partial charge in [-0.05, 0) is 18.1 Å². The van der Waals surface area contributed by atoms with Crippen molar-refractivity contribution in [3.8, 4) is 0 Å². The number of carbonyl (C=O) groups excluding carboxylic acids is 3. The maximum absolute atomic E-state index is 11.8. The van der Waals surface area contributed by atoms with Gasteiger partial charge in [-0.25, -0.2) is 4.79 Å². The van der Waals surface area contributed by atoms with Crippen molar-refractivity contribution in [1.82, 2.24) is 5.32 Å². The van der Waals surface area contributed by atoms with Crippen molar-refractivity contribution in [2.45, 2.75) is 11.3 Å². The molecular weight excluding hydrogens is 270 g/mol. The van der Waals surface area contributed by atoms with E-state index < -0.39 is 28.8 Å². The monoisotopic (exact) mass is 279 g/mol. The zero-order valence-corrected chi connectivity index (χ0v) is 10.4. The summed E-state index contributed by atoms with van der Waals surface area (Å²) in [6.07, 6.45) is 0.167. The lowest BCUT2D eigenvalue weighted by molar-refractivity contribution is -0.152. The Kier molecular flexibility index (Phi) is 3.66. The smallest absolute Gasteiger partial charge is 0.394 e. The third-order valence-corrected chi connectivity index (χ3v) is 3.74. The molecule has 0 saturated heterocycles. The molecule has 0 spiro atoms. The van der Waals surface area contributed by atoms with Gasteiger partial charge in [0.05, 0.1) is 0 Å². The van der Waals surface area contributed by atoms with Crippen molar-refractivity contribution < 1.29 is 24.3 Å². The summed E-state index contributed by atoms with van der Waals surface area (Å²) < 4.78 is 0.